The SMILES string of the molecule is CCCCCCC[C@H]1CC[C@H](CCC2CCC(c3ccc(-c4ccc(Cl)c(F)c4)c(F)c3)CC2)CC1. The van der Waals surface area contributed by atoms with Gasteiger partial charge in [0.05, 0.1) is 5.02 Å². The van der Waals surface area contributed by atoms with Crippen LogP contribution in [0.1, 0.15) is 121 Å². The van der Waals surface area contributed by atoms with Crippen molar-refractivity contribution in [1.82, 2.24) is 0 Å². The molecule has 2 aromatic carbocycles. The van der Waals surface area contributed by atoms with E-state index in [4.69, 9.17) is 11.6 Å². The summed E-state index contributed by atoms with van der Waals surface area (Å²) in [5, 5.41) is 0.0633. The standard InChI is InChI=1S/C33H45ClF2/c1-2-3-4-5-6-7-24-8-10-25(11-9-24)12-13-26-14-16-27(17-15-26)28-18-20-30(32(35)22-28)29-19-21-31(34)33(36)23-29/h18-27H,2-17H2,1H3/t24-,25-,26?,27?. The molecule has 2 saturated carbocycles. The number of hydrogen-bond donors (Lipinski definition) is 0. The van der Waals surface area contributed by atoms with Crippen molar-refractivity contribution < 1.29 is 8.78 Å². The summed E-state index contributed by atoms with van der Waals surface area (Å²) in [6.45, 7) is 2.29. The highest BCUT2D eigenvalue weighted by atomic mass is 35.5. The highest BCUT2D eigenvalue weighted by Crippen LogP contribution is 2.41. The summed E-state index contributed by atoms with van der Waals surface area (Å²) in [7, 11) is 0. The molecule has 2 aliphatic rings. The molecule has 4 rings (SSSR count). The van der Waals surface area contributed by atoms with Gasteiger partial charge in [0.25, 0.3) is 0 Å². The summed E-state index contributed by atoms with van der Waals surface area (Å²) in [6, 6.07) is 10.00. The predicted octanol–water partition coefficient (Wildman–Crippen LogP) is 11.5. The summed E-state index contributed by atoms with van der Waals surface area (Å²) in [4.78, 5) is 0. The van der Waals surface area contributed by atoms with Crippen LogP contribution in [0.15, 0.2) is 36.4 Å². The molecule has 2 fully saturated rings. The molecule has 0 aromatic heterocycles. The first-order chi connectivity index (χ1) is 17.5. The third-order valence-electron chi connectivity index (χ3n) is 9.21. The van der Waals surface area contributed by atoms with E-state index in [1.165, 1.54) is 102 Å². The second-order valence-corrected chi connectivity index (χ2v) is 12.2. The fraction of sp³-hybridized carbons (Fsp3) is 0.636. The van der Waals surface area contributed by atoms with Crippen molar-refractivity contribution in [3.05, 3.63) is 58.6 Å². The Morgan fingerprint density at radius 3 is 1.89 bits per heavy atom. The summed E-state index contributed by atoms with van der Waals surface area (Å²) >= 11 is 5.78. The lowest BCUT2D eigenvalue weighted by atomic mass is 9.74. The van der Waals surface area contributed by atoms with E-state index in [9.17, 15) is 8.78 Å². The topological polar surface area (TPSA) is 0 Å². The molecular formula is C33H45ClF2. The Hall–Kier alpha value is -1.41. The van der Waals surface area contributed by atoms with E-state index >= 15 is 0 Å². The van der Waals surface area contributed by atoms with Gasteiger partial charge < -0.3 is 0 Å². The molecule has 0 bridgehead atoms. The molecule has 36 heavy (non-hydrogen) atoms. The summed E-state index contributed by atoms with van der Waals surface area (Å²) < 4.78 is 28.7. The quantitative estimate of drug-likeness (QED) is 0.261. The molecule has 0 unspecified atom stereocenters. The van der Waals surface area contributed by atoms with Crippen molar-refractivity contribution in [2.24, 2.45) is 17.8 Å². The molecule has 198 valence electrons. The highest BCUT2D eigenvalue weighted by Gasteiger charge is 2.26. The van der Waals surface area contributed by atoms with Gasteiger partial charge in [0.1, 0.15) is 11.6 Å². The minimum atomic E-state index is -0.512. The van der Waals surface area contributed by atoms with Crippen molar-refractivity contribution in [3.8, 4) is 11.1 Å². The molecule has 0 aliphatic heterocycles. The van der Waals surface area contributed by atoms with Crippen molar-refractivity contribution in [2.75, 3.05) is 0 Å². The Morgan fingerprint density at radius 1 is 0.667 bits per heavy atom. The summed E-state index contributed by atoms with van der Waals surface area (Å²) in [6.07, 6.45) is 22.0. The van der Waals surface area contributed by atoms with Crippen LogP contribution in [0.25, 0.3) is 11.1 Å². The third kappa shape index (κ3) is 7.80. The normalized spacial score (nSPS) is 24.7. The molecule has 2 aliphatic carbocycles. The van der Waals surface area contributed by atoms with Crippen LogP contribution in [-0.4, -0.2) is 0 Å². The molecule has 0 spiro atoms. The van der Waals surface area contributed by atoms with E-state index < -0.39 is 5.82 Å². The van der Waals surface area contributed by atoms with Crippen LogP contribution in [0.3, 0.4) is 0 Å². The van der Waals surface area contributed by atoms with Gasteiger partial charge in [-0.25, -0.2) is 8.78 Å². The first-order valence-electron chi connectivity index (χ1n) is 14.8. The van der Waals surface area contributed by atoms with Crippen molar-refractivity contribution in [2.45, 2.75) is 116 Å². The number of halogens is 3. The average Bonchev–Trinajstić information content (AvgIpc) is 2.90. The number of hydrogen-bond acceptors (Lipinski definition) is 0. The van der Waals surface area contributed by atoms with Crippen LogP contribution in [0.4, 0.5) is 8.78 Å². The van der Waals surface area contributed by atoms with Crippen molar-refractivity contribution in [1.29, 1.82) is 0 Å². The van der Waals surface area contributed by atoms with E-state index in [2.05, 4.69) is 6.92 Å². The van der Waals surface area contributed by atoms with Crippen LogP contribution in [0.2, 0.25) is 5.02 Å². The van der Waals surface area contributed by atoms with Crippen LogP contribution >= 0.6 is 11.6 Å². The number of unbranched alkanes of at least 4 members (excludes halogenated alkanes) is 4. The van der Waals surface area contributed by atoms with Crippen LogP contribution in [0, 0.1) is 29.4 Å². The van der Waals surface area contributed by atoms with E-state index in [0.29, 0.717) is 17.0 Å². The van der Waals surface area contributed by atoms with Crippen LogP contribution in [-0.2, 0) is 0 Å². The minimum absolute atomic E-state index is 0.0633. The maximum absolute atomic E-state index is 14.9. The number of rotatable bonds is 11. The average molecular weight is 515 g/mol. The van der Waals surface area contributed by atoms with Gasteiger partial charge in [-0.3, -0.25) is 0 Å². The molecule has 0 atom stereocenters. The molecule has 0 heterocycles. The zero-order valence-electron chi connectivity index (χ0n) is 22.2. The zero-order chi connectivity index (χ0) is 25.3. The van der Waals surface area contributed by atoms with Gasteiger partial charge in [0, 0.05) is 5.56 Å². The van der Waals surface area contributed by atoms with Crippen molar-refractivity contribution in [3.63, 3.8) is 0 Å². The van der Waals surface area contributed by atoms with Crippen LogP contribution in [0.5, 0.6) is 0 Å². The molecule has 0 saturated heterocycles. The molecule has 2 aromatic rings. The Labute approximate surface area is 223 Å². The van der Waals surface area contributed by atoms with E-state index in [0.717, 1.165) is 36.2 Å². The van der Waals surface area contributed by atoms with Crippen molar-refractivity contribution >= 4 is 11.6 Å². The Kier molecular flexibility index (Phi) is 10.7. The first-order valence-corrected chi connectivity index (χ1v) is 15.2. The molecule has 0 N–H and O–H groups in total. The number of benzene rings is 2. The monoisotopic (exact) mass is 514 g/mol. The lowest BCUT2D eigenvalue weighted by Gasteiger charge is -2.32. The van der Waals surface area contributed by atoms with Gasteiger partial charge in [0.15, 0.2) is 0 Å². The van der Waals surface area contributed by atoms with Gasteiger partial charge in [0.2, 0.25) is 0 Å². The van der Waals surface area contributed by atoms with Gasteiger partial charge in [-0.05, 0) is 78.7 Å². The first kappa shape index (κ1) is 27.6. The molecule has 0 amide bonds. The third-order valence-corrected chi connectivity index (χ3v) is 9.51. The van der Waals surface area contributed by atoms with Gasteiger partial charge >= 0.3 is 0 Å². The van der Waals surface area contributed by atoms with E-state index in [1.807, 2.05) is 6.07 Å². The largest absolute Gasteiger partial charge is 0.206 e. The van der Waals surface area contributed by atoms with Gasteiger partial charge in [-0.2, -0.15) is 0 Å². The maximum Gasteiger partial charge on any atom is 0.142 e. The molecule has 3 heteroatoms. The Morgan fingerprint density at radius 2 is 1.28 bits per heavy atom. The van der Waals surface area contributed by atoms with E-state index in [-0.39, 0.29) is 10.8 Å². The second kappa shape index (κ2) is 13.9. The fourth-order valence-corrected chi connectivity index (χ4v) is 6.90. The second-order valence-electron chi connectivity index (χ2n) is 11.8. The fourth-order valence-electron chi connectivity index (χ4n) is 6.78. The van der Waals surface area contributed by atoms with Crippen LogP contribution < -0.4 is 0 Å². The Balaban J connectivity index is 1.16. The molecule has 0 nitrogen and oxygen atoms in total. The molecule has 0 radical (unpaired) electrons. The van der Waals surface area contributed by atoms with E-state index in [1.54, 1.807) is 18.2 Å². The van der Waals surface area contributed by atoms with Gasteiger partial charge in [-0.15, -0.1) is 0 Å². The summed E-state index contributed by atoms with van der Waals surface area (Å²) in [5.74, 6) is 2.47. The van der Waals surface area contributed by atoms with Gasteiger partial charge in [-0.1, -0.05) is 114 Å². The molecular weight excluding hydrogens is 470 g/mol. The lowest BCUT2D eigenvalue weighted by molar-refractivity contribution is 0.222. The lowest BCUT2D eigenvalue weighted by Crippen LogP contribution is -2.18. The summed E-state index contributed by atoms with van der Waals surface area (Å²) in [5.41, 5.74) is 2.07. The zero-order valence-corrected chi connectivity index (χ0v) is 23.0. The minimum Gasteiger partial charge on any atom is -0.206 e. The smallest absolute Gasteiger partial charge is 0.142 e. The Bertz CT molecular complexity index is 939. The predicted molar refractivity (Wildman–Crippen MR) is 150 cm³/mol. The maximum atomic E-state index is 14.9. The highest BCUT2D eigenvalue weighted by molar-refractivity contribution is 6.30.